The summed E-state index contributed by atoms with van der Waals surface area (Å²) in [6, 6.07) is 50.2. The molecule has 4 heterocycles. The Hall–Kier alpha value is -6.98. The zero-order valence-corrected chi connectivity index (χ0v) is 40.5. The SMILES string of the molecule is CC(C)(C)c1ccc(Nc2cc3c(cc2-c2ccc4c5cc6c(cc5n5c4c2[B]c2cc4oc7ccccc7c4cc2-5)-c2ccccc2C6(C)C)oc2cc4c(cc23)C(C)(C)CCC4(C)C)cc1. The lowest BCUT2D eigenvalue weighted by molar-refractivity contribution is 0.332. The second-order valence-corrected chi connectivity index (χ2v) is 23.1. The summed E-state index contributed by atoms with van der Waals surface area (Å²) in [6.45, 7) is 21.2. The van der Waals surface area contributed by atoms with Crippen LogP contribution in [-0.4, -0.2) is 11.8 Å². The van der Waals surface area contributed by atoms with Gasteiger partial charge < -0.3 is 18.7 Å². The fourth-order valence-electron chi connectivity index (χ4n) is 12.6. The number of para-hydroxylation sites is 1. The molecule has 0 unspecified atom stereocenters. The van der Waals surface area contributed by atoms with Crippen molar-refractivity contribution in [2.24, 2.45) is 0 Å². The number of nitrogens with one attached hydrogen (secondary N) is 1. The van der Waals surface area contributed by atoms with Crippen molar-refractivity contribution >= 4 is 95.3 Å². The highest BCUT2D eigenvalue weighted by Gasteiger charge is 2.39. The van der Waals surface area contributed by atoms with E-state index in [0.717, 1.165) is 79.3 Å². The van der Waals surface area contributed by atoms with E-state index in [9.17, 15) is 0 Å². The van der Waals surface area contributed by atoms with E-state index < -0.39 is 0 Å². The van der Waals surface area contributed by atoms with Crippen LogP contribution in [0.3, 0.4) is 0 Å². The predicted octanol–water partition coefficient (Wildman–Crippen LogP) is 15.9. The summed E-state index contributed by atoms with van der Waals surface area (Å²) in [5.74, 6) is 0. The molecule has 0 spiro atoms. The molecule has 0 bridgehead atoms. The third kappa shape index (κ3) is 5.45. The second-order valence-electron chi connectivity index (χ2n) is 23.1. The van der Waals surface area contributed by atoms with Crippen molar-refractivity contribution in [3.8, 4) is 27.9 Å². The summed E-state index contributed by atoms with van der Waals surface area (Å²) in [7, 11) is 2.41. The van der Waals surface area contributed by atoms with Crippen LogP contribution in [0, 0.1) is 0 Å². The van der Waals surface area contributed by atoms with E-state index in [4.69, 9.17) is 8.83 Å². The molecular formula is C63H54BN2O2. The van der Waals surface area contributed by atoms with Crippen LogP contribution in [0.2, 0.25) is 0 Å². The van der Waals surface area contributed by atoms with Crippen LogP contribution in [0.5, 0.6) is 0 Å². The first kappa shape index (κ1) is 40.1. The minimum atomic E-state index is -0.123. The standard InChI is InChI=1S/C63H54BN2O2/c1-60(2,3)34-18-20-35(21-19-34)65-51-28-44-43-27-48-49(62(6,7)25-24-61(48,4)5)32-56(43)68-55(44)31-41(51)38-22-23-39-42-26-47-40(36-14-10-12-16-46(36)63(47,8)9)29-52(42)66-53-30-45-37-15-11-13-17-54(37)67-57(45)33-50(53)64-58(38)59(39)66/h10-23,26-33,65H,24-25H2,1-9H3. The Labute approximate surface area is 398 Å². The summed E-state index contributed by atoms with van der Waals surface area (Å²) in [5.41, 5.74) is 23.5. The summed E-state index contributed by atoms with van der Waals surface area (Å²) in [5, 5.41) is 11.1. The third-order valence-corrected chi connectivity index (χ3v) is 16.6. The van der Waals surface area contributed by atoms with Gasteiger partial charge in [-0.1, -0.05) is 135 Å². The maximum absolute atomic E-state index is 7.02. The first-order valence-corrected chi connectivity index (χ1v) is 24.5. The van der Waals surface area contributed by atoms with Gasteiger partial charge in [0.2, 0.25) is 0 Å². The van der Waals surface area contributed by atoms with Crippen molar-refractivity contribution in [2.75, 3.05) is 5.32 Å². The van der Waals surface area contributed by atoms with Gasteiger partial charge in [-0.3, -0.25) is 0 Å². The number of anilines is 2. The molecule has 14 rings (SSSR count). The number of benzene rings is 8. The number of furan rings is 2. The normalized spacial score (nSPS) is 16.4. The minimum Gasteiger partial charge on any atom is -0.456 e. The average Bonchev–Trinajstić information content (AvgIpc) is 4.02. The highest BCUT2D eigenvalue weighted by Crippen LogP contribution is 2.53. The Morgan fingerprint density at radius 1 is 0.515 bits per heavy atom. The molecule has 3 aliphatic rings. The lowest BCUT2D eigenvalue weighted by Gasteiger charge is -2.41. The fourth-order valence-corrected chi connectivity index (χ4v) is 12.6. The molecule has 68 heavy (non-hydrogen) atoms. The molecule has 1 radical (unpaired) electrons. The van der Waals surface area contributed by atoms with Crippen LogP contribution in [0.15, 0.2) is 142 Å². The molecule has 4 nitrogen and oxygen atoms in total. The van der Waals surface area contributed by atoms with Crippen molar-refractivity contribution in [3.63, 3.8) is 0 Å². The maximum atomic E-state index is 7.02. The number of hydrogen-bond acceptors (Lipinski definition) is 3. The number of fused-ring (bicyclic) bond motifs is 15. The van der Waals surface area contributed by atoms with Gasteiger partial charge in [0.15, 0.2) is 7.28 Å². The number of hydrogen-bond donors (Lipinski definition) is 1. The summed E-state index contributed by atoms with van der Waals surface area (Å²) in [4.78, 5) is 0. The highest BCUT2D eigenvalue weighted by molar-refractivity contribution is 6.73. The van der Waals surface area contributed by atoms with Gasteiger partial charge in [-0.15, -0.1) is 0 Å². The maximum Gasteiger partial charge on any atom is 0.198 e. The Kier molecular flexibility index (Phi) is 7.77. The molecule has 331 valence electrons. The molecule has 3 aromatic heterocycles. The van der Waals surface area contributed by atoms with E-state index in [1.807, 2.05) is 0 Å². The predicted molar refractivity (Wildman–Crippen MR) is 287 cm³/mol. The van der Waals surface area contributed by atoms with Gasteiger partial charge in [0, 0.05) is 65.9 Å². The molecule has 0 saturated heterocycles. The average molecular weight is 882 g/mol. The third-order valence-electron chi connectivity index (χ3n) is 16.6. The molecule has 0 fully saturated rings. The molecule has 11 aromatic rings. The van der Waals surface area contributed by atoms with Gasteiger partial charge >= 0.3 is 0 Å². The van der Waals surface area contributed by atoms with Crippen molar-refractivity contribution in [1.82, 2.24) is 4.57 Å². The topological polar surface area (TPSA) is 43.2 Å². The first-order valence-electron chi connectivity index (χ1n) is 24.5. The quantitative estimate of drug-likeness (QED) is 0.180. The zero-order chi connectivity index (χ0) is 46.4. The van der Waals surface area contributed by atoms with Crippen molar-refractivity contribution < 1.29 is 8.83 Å². The van der Waals surface area contributed by atoms with E-state index in [1.54, 1.807) is 0 Å². The summed E-state index contributed by atoms with van der Waals surface area (Å²) >= 11 is 0. The molecular weight excluding hydrogens is 828 g/mol. The highest BCUT2D eigenvalue weighted by atomic mass is 16.3. The molecule has 5 heteroatoms. The van der Waals surface area contributed by atoms with E-state index in [-0.39, 0.29) is 21.7 Å². The van der Waals surface area contributed by atoms with Gasteiger partial charge in [0.1, 0.15) is 22.3 Å². The van der Waals surface area contributed by atoms with Crippen molar-refractivity contribution in [3.05, 3.63) is 161 Å². The lowest BCUT2D eigenvalue weighted by Crippen LogP contribution is -2.37. The Balaban J connectivity index is 1.06. The molecule has 0 atom stereocenters. The van der Waals surface area contributed by atoms with Crippen LogP contribution in [0.25, 0.3) is 93.6 Å². The Bertz CT molecular complexity index is 4030. The number of nitrogens with zero attached hydrogens (tertiary/aromatic N) is 1. The van der Waals surface area contributed by atoms with E-state index in [2.05, 4.69) is 213 Å². The largest absolute Gasteiger partial charge is 0.456 e. The van der Waals surface area contributed by atoms with E-state index >= 15 is 0 Å². The zero-order valence-electron chi connectivity index (χ0n) is 40.5. The van der Waals surface area contributed by atoms with E-state index in [1.165, 1.54) is 77.3 Å². The lowest BCUT2D eigenvalue weighted by atomic mass is 9.59. The van der Waals surface area contributed by atoms with E-state index in [0.29, 0.717) is 0 Å². The monoisotopic (exact) mass is 881 g/mol. The molecule has 1 N–H and O–H groups in total. The fraction of sp³-hybridized carbons (Fsp3) is 0.238. The Morgan fingerprint density at radius 3 is 1.97 bits per heavy atom. The van der Waals surface area contributed by atoms with Gasteiger partial charge in [-0.2, -0.15) is 0 Å². The first-order chi connectivity index (χ1) is 32.5. The summed E-state index contributed by atoms with van der Waals surface area (Å²) in [6.07, 6.45) is 2.31. The Morgan fingerprint density at radius 2 is 1.18 bits per heavy atom. The summed E-state index contributed by atoms with van der Waals surface area (Å²) < 4.78 is 16.2. The minimum absolute atomic E-state index is 0.0513. The van der Waals surface area contributed by atoms with Gasteiger partial charge in [-0.05, 0) is 146 Å². The van der Waals surface area contributed by atoms with Crippen molar-refractivity contribution in [2.45, 2.75) is 96.8 Å². The number of rotatable bonds is 3. The van der Waals surface area contributed by atoms with Crippen molar-refractivity contribution in [1.29, 1.82) is 0 Å². The van der Waals surface area contributed by atoms with Gasteiger partial charge in [-0.25, -0.2) is 0 Å². The van der Waals surface area contributed by atoms with Crippen LogP contribution in [-0.2, 0) is 21.7 Å². The van der Waals surface area contributed by atoms with Crippen LogP contribution < -0.4 is 16.2 Å². The molecule has 0 saturated carbocycles. The van der Waals surface area contributed by atoms with Crippen LogP contribution in [0.4, 0.5) is 11.4 Å². The second kappa shape index (κ2) is 13.2. The molecule has 1 aliphatic heterocycles. The molecule has 2 aliphatic carbocycles. The van der Waals surface area contributed by atoms with Gasteiger partial charge in [0.25, 0.3) is 0 Å². The van der Waals surface area contributed by atoms with Crippen LogP contribution >= 0.6 is 0 Å². The van der Waals surface area contributed by atoms with Gasteiger partial charge in [0.05, 0.1) is 5.52 Å². The number of aromatic nitrogens is 1. The van der Waals surface area contributed by atoms with Crippen LogP contribution in [0.1, 0.15) is 103 Å². The smallest absolute Gasteiger partial charge is 0.198 e. The molecule has 0 amide bonds. The molecule has 8 aromatic carbocycles.